The summed E-state index contributed by atoms with van der Waals surface area (Å²) in [7, 11) is 0. The van der Waals surface area contributed by atoms with Gasteiger partial charge >= 0.3 is 0 Å². The largest absolute Gasteiger partial charge is 0.366 e. The predicted octanol–water partition coefficient (Wildman–Crippen LogP) is 5.85. The third-order valence-electron chi connectivity index (χ3n) is 5.36. The van der Waals surface area contributed by atoms with E-state index in [0.717, 1.165) is 22.8 Å². The molecule has 4 aliphatic rings. The zero-order chi connectivity index (χ0) is 21.3. The molecule has 0 radical (unpaired) electrons. The highest BCUT2D eigenvalue weighted by molar-refractivity contribution is 6.47. The van der Waals surface area contributed by atoms with Crippen molar-refractivity contribution in [2.75, 3.05) is 0 Å². The average molecular weight is 523 g/mol. The van der Waals surface area contributed by atoms with Crippen molar-refractivity contribution in [1.29, 1.82) is 0 Å². The zero-order valence-electron chi connectivity index (χ0n) is 15.1. The SMILES string of the molecule is ClC1C2=CC3=NC(=Cc4ccc([nH]4)C(Cl)C4(Cl)C=CC(=N4)C(Cl)C(Cl)(N2)C1Cl)C=C3. The molecular weight excluding hydrogens is 509 g/mol. The maximum atomic E-state index is 6.87. The molecule has 156 valence electrons. The van der Waals surface area contributed by atoms with Crippen molar-refractivity contribution in [3.63, 3.8) is 0 Å². The monoisotopic (exact) mass is 520 g/mol. The Balaban J connectivity index is 1.66. The Bertz CT molecular complexity index is 1100. The normalized spacial score (nSPS) is 39.4. The molecule has 5 rings (SSSR count). The van der Waals surface area contributed by atoms with Crippen molar-refractivity contribution in [2.45, 2.75) is 31.5 Å². The van der Waals surface area contributed by atoms with Crippen molar-refractivity contribution in [3.05, 3.63) is 65.3 Å². The second-order valence-electron chi connectivity index (χ2n) is 7.43. The van der Waals surface area contributed by atoms with E-state index in [4.69, 9.17) is 69.6 Å². The van der Waals surface area contributed by atoms with Crippen molar-refractivity contribution < 1.29 is 0 Å². The topological polar surface area (TPSA) is 52.5 Å². The molecule has 4 aliphatic heterocycles. The van der Waals surface area contributed by atoms with E-state index in [1.165, 1.54) is 0 Å². The minimum absolute atomic E-state index is 0.467. The fourth-order valence-corrected chi connectivity index (χ4v) is 5.72. The van der Waals surface area contributed by atoms with Gasteiger partial charge in [0.1, 0.15) is 10.8 Å². The molecule has 4 nitrogen and oxygen atoms in total. The van der Waals surface area contributed by atoms with Crippen molar-refractivity contribution >= 4 is 87.1 Å². The van der Waals surface area contributed by atoms with Crippen LogP contribution in [0.1, 0.15) is 16.8 Å². The Morgan fingerprint density at radius 1 is 0.933 bits per heavy atom. The summed E-state index contributed by atoms with van der Waals surface area (Å²) < 4.78 is 0. The quantitative estimate of drug-likeness (QED) is 0.326. The molecule has 1 aromatic rings. The van der Waals surface area contributed by atoms with Crippen LogP contribution in [0.5, 0.6) is 0 Å². The van der Waals surface area contributed by atoms with Gasteiger partial charge in [0.25, 0.3) is 0 Å². The lowest BCUT2D eigenvalue weighted by atomic mass is 10.1. The molecular formula is C20H14Cl6N4. The summed E-state index contributed by atoms with van der Waals surface area (Å²) in [5.41, 5.74) is 4.15. The molecule has 2 N–H and O–H groups in total. The van der Waals surface area contributed by atoms with Gasteiger partial charge in [-0.1, -0.05) is 23.2 Å². The lowest BCUT2D eigenvalue weighted by Gasteiger charge is -2.31. The molecule has 1 fully saturated rings. The highest BCUT2D eigenvalue weighted by Crippen LogP contribution is 2.46. The van der Waals surface area contributed by atoms with Gasteiger partial charge in [0, 0.05) is 17.1 Å². The summed E-state index contributed by atoms with van der Waals surface area (Å²) in [4.78, 5) is 9.96. The van der Waals surface area contributed by atoms with Crippen LogP contribution < -0.4 is 5.32 Å². The number of H-pyrrole nitrogens is 1. The number of rotatable bonds is 0. The van der Waals surface area contributed by atoms with Gasteiger partial charge in [0.15, 0.2) is 10.00 Å². The number of aromatic amines is 1. The number of allylic oxidation sites excluding steroid dienone is 5. The maximum Gasteiger partial charge on any atom is 0.174 e. The van der Waals surface area contributed by atoms with Crippen LogP contribution in [0.25, 0.3) is 6.08 Å². The Labute approximate surface area is 203 Å². The van der Waals surface area contributed by atoms with Crippen LogP contribution in [-0.2, 0) is 0 Å². The molecule has 0 aliphatic carbocycles. The molecule has 0 aromatic carbocycles. The van der Waals surface area contributed by atoms with Gasteiger partial charge in [-0.2, -0.15) is 0 Å². The Kier molecular flexibility index (Phi) is 5.13. The number of hydrogen-bond acceptors (Lipinski definition) is 3. The van der Waals surface area contributed by atoms with Crippen LogP contribution in [0.15, 0.2) is 63.9 Å². The van der Waals surface area contributed by atoms with Crippen molar-refractivity contribution in [3.8, 4) is 0 Å². The van der Waals surface area contributed by atoms with E-state index in [2.05, 4.69) is 20.3 Å². The molecule has 1 aromatic heterocycles. The molecule has 5 heterocycles. The summed E-state index contributed by atoms with van der Waals surface area (Å²) in [6, 6.07) is 3.78. The van der Waals surface area contributed by atoms with Crippen LogP contribution in [0.2, 0.25) is 0 Å². The Hall–Kier alpha value is -0.880. The van der Waals surface area contributed by atoms with Crippen LogP contribution in [0.4, 0.5) is 0 Å². The first-order chi connectivity index (χ1) is 14.2. The highest BCUT2D eigenvalue weighted by atomic mass is 35.5. The van der Waals surface area contributed by atoms with E-state index < -0.39 is 31.5 Å². The number of aromatic nitrogens is 1. The number of nitrogens with zero attached hydrogens (tertiary/aromatic N) is 2. The Morgan fingerprint density at radius 2 is 1.73 bits per heavy atom. The predicted molar refractivity (Wildman–Crippen MR) is 128 cm³/mol. The van der Waals surface area contributed by atoms with Crippen LogP contribution in [0, 0.1) is 0 Å². The van der Waals surface area contributed by atoms with Crippen molar-refractivity contribution in [2.24, 2.45) is 9.98 Å². The fraction of sp³-hybridized carbons (Fsp3) is 0.300. The van der Waals surface area contributed by atoms with Gasteiger partial charge in [-0.15, -0.1) is 46.4 Å². The minimum Gasteiger partial charge on any atom is -0.366 e. The molecule has 0 saturated carbocycles. The summed E-state index contributed by atoms with van der Waals surface area (Å²) >= 11 is 40.3. The van der Waals surface area contributed by atoms with Crippen LogP contribution in [-0.4, -0.2) is 42.5 Å². The number of alkyl halides is 6. The van der Waals surface area contributed by atoms with Gasteiger partial charge in [0.2, 0.25) is 0 Å². The van der Waals surface area contributed by atoms with E-state index >= 15 is 0 Å². The van der Waals surface area contributed by atoms with Gasteiger partial charge < -0.3 is 10.3 Å². The molecule has 30 heavy (non-hydrogen) atoms. The summed E-state index contributed by atoms with van der Waals surface area (Å²) in [5, 5.41) is 0.390. The molecule has 10 heteroatoms. The third-order valence-corrected chi connectivity index (χ3v) is 9.02. The second kappa shape index (κ2) is 7.33. The molecule has 8 bridgehead atoms. The second-order valence-corrected chi connectivity index (χ2v) is 10.5. The van der Waals surface area contributed by atoms with Gasteiger partial charge in [-0.3, -0.25) is 4.99 Å². The highest BCUT2D eigenvalue weighted by Gasteiger charge is 2.55. The number of nitrogens with one attached hydrogen (secondary N) is 2. The maximum absolute atomic E-state index is 6.87. The van der Waals surface area contributed by atoms with Crippen molar-refractivity contribution in [1.82, 2.24) is 10.3 Å². The average Bonchev–Trinajstić information content (AvgIpc) is 3.48. The first-order valence-electron chi connectivity index (χ1n) is 9.10. The fourth-order valence-electron chi connectivity index (χ4n) is 3.77. The van der Waals surface area contributed by atoms with Gasteiger partial charge in [-0.05, 0) is 48.6 Å². The number of aliphatic imine (C=N–C) groups is 2. The van der Waals surface area contributed by atoms with Crippen LogP contribution >= 0.6 is 69.6 Å². The van der Waals surface area contributed by atoms with E-state index in [9.17, 15) is 0 Å². The number of hydrogen-bond donors (Lipinski definition) is 2. The standard InChI is InChI=1S/C20H14Cl6N4/c21-15-14-8-11-2-1-9(27-11)7-10-3-4-12(28-10)16(22)19(25)6-5-13(29-19)17(23)20(26,30-14)18(15)24/h1-8,15-18,28,30H. The summed E-state index contributed by atoms with van der Waals surface area (Å²) in [6.07, 6.45) is 10.9. The van der Waals surface area contributed by atoms with E-state index in [0.29, 0.717) is 11.4 Å². The van der Waals surface area contributed by atoms with Crippen LogP contribution in [0.3, 0.4) is 0 Å². The number of fused-ring (bicyclic) bond motifs is 6. The lowest BCUT2D eigenvalue weighted by molar-refractivity contribution is 0.579. The smallest absolute Gasteiger partial charge is 0.174 e. The summed E-state index contributed by atoms with van der Waals surface area (Å²) in [6.45, 7) is 0. The van der Waals surface area contributed by atoms with Gasteiger partial charge in [0.05, 0.1) is 27.9 Å². The Morgan fingerprint density at radius 3 is 2.53 bits per heavy atom. The molecule has 6 unspecified atom stereocenters. The van der Waals surface area contributed by atoms with E-state index in [1.54, 1.807) is 12.2 Å². The lowest BCUT2D eigenvalue weighted by Crippen LogP contribution is -2.51. The summed E-state index contributed by atoms with van der Waals surface area (Å²) in [5.74, 6) is 0. The van der Waals surface area contributed by atoms with Gasteiger partial charge in [-0.25, -0.2) is 4.99 Å². The molecule has 6 atom stereocenters. The molecule has 0 amide bonds. The number of halogens is 6. The minimum atomic E-state index is -1.29. The van der Waals surface area contributed by atoms with E-state index in [-0.39, 0.29) is 0 Å². The molecule has 1 saturated heterocycles. The first-order valence-corrected chi connectivity index (χ1v) is 11.6. The van der Waals surface area contributed by atoms with E-state index in [1.807, 2.05) is 36.4 Å². The molecule has 0 spiro atoms. The zero-order valence-corrected chi connectivity index (χ0v) is 19.6. The third kappa shape index (κ3) is 3.28. The first kappa shape index (κ1) is 21.0.